The van der Waals surface area contributed by atoms with Crippen molar-refractivity contribution in [1.29, 1.82) is 0 Å². The lowest BCUT2D eigenvalue weighted by Crippen LogP contribution is -2.15. The summed E-state index contributed by atoms with van der Waals surface area (Å²) in [5.41, 5.74) is -0.0917. The lowest BCUT2D eigenvalue weighted by molar-refractivity contribution is 0.0697. The molecule has 2 aromatic rings. The topological polar surface area (TPSA) is 123 Å². The van der Waals surface area contributed by atoms with Gasteiger partial charge in [0, 0.05) is 0 Å². The number of sulfonamides is 1. The SMILES string of the molecule is NS(=O)(=O)c1cc(C(=O)O)c(NCc2ccc(I)o2)cc1Cl. The van der Waals surface area contributed by atoms with Crippen LogP contribution in [0.25, 0.3) is 0 Å². The summed E-state index contributed by atoms with van der Waals surface area (Å²) in [6.45, 7) is 0.217. The first-order chi connectivity index (χ1) is 10.2. The Morgan fingerprint density at radius 2 is 2.09 bits per heavy atom. The van der Waals surface area contributed by atoms with Crippen molar-refractivity contribution in [2.24, 2.45) is 5.14 Å². The van der Waals surface area contributed by atoms with Gasteiger partial charge in [0.25, 0.3) is 0 Å². The standard InChI is InChI=1S/C12H10ClIN2O5S/c13-8-4-9(16-5-6-1-2-11(14)21-6)7(12(17)18)3-10(8)22(15,19)20/h1-4,16H,5H2,(H,17,18)(H2,15,19,20). The molecular formula is C12H10ClIN2O5S. The molecule has 10 heteroatoms. The summed E-state index contributed by atoms with van der Waals surface area (Å²) in [4.78, 5) is 10.8. The molecule has 0 aliphatic carbocycles. The molecule has 0 fully saturated rings. The normalized spacial score (nSPS) is 11.4. The highest BCUT2D eigenvalue weighted by Gasteiger charge is 2.20. The quantitative estimate of drug-likeness (QED) is 0.594. The van der Waals surface area contributed by atoms with Crippen LogP contribution in [0.5, 0.6) is 0 Å². The molecule has 0 atom stereocenters. The first-order valence-corrected chi connectivity index (χ1v) is 8.76. The van der Waals surface area contributed by atoms with Crippen molar-refractivity contribution in [3.05, 3.63) is 44.4 Å². The highest BCUT2D eigenvalue weighted by molar-refractivity contribution is 14.1. The van der Waals surface area contributed by atoms with Gasteiger partial charge in [-0.25, -0.2) is 18.4 Å². The van der Waals surface area contributed by atoms with Gasteiger partial charge in [-0.3, -0.25) is 0 Å². The van der Waals surface area contributed by atoms with E-state index in [4.69, 9.17) is 21.2 Å². The fraction of sp³-hybridized carbons (Fsp3) is 0.0833. The summed E-state index contributed by atoms with van der Waals surface area (Å²) in [5.74, 6) is -0.717. The number of furan rings is 1. The largest absolute Gasteiger partial charge is 0.478 e. The van der Waals surface area contributed by atoms with Crippen LogP contribution in [0.3, 0.4) is 0 Å². The van der Waals surface area contributed by atoms with Gasteiger partial charge in [-0.1, -0.05) is 11.6 Å². The van der Waals surface area contributed by atoms with Crippen LogP contribution in [-0.4, -0.2) is 19.5 Å². The van der Waals surface area contributed by atoms with Crippen molar-refractivity contribution in [2.45, 2.75) is 11.4 Å². The van der Waals surface area contributed by atoms with E-state index in [9.17, 15) is 18.3 Å². The van der Waals surface area contributed by atoms with Gasteiger partial charge in [-0.2, -0.15) is 0 Å². The highest BCUT2D eigenvalue weighted by atomic mass is 127. The number of nitrogens with one attached hydrogen (secondary N) is 1. The molecule has 0 spiro atoms. The molecule has 2 rings (SSSR count). The van der Waals surface area contributed by atoms with Crippen LogP contribution in [0.2, 0.25) is 5.02 Å². The second-order valence-electron chi connectivity index (χ2n) is 4.24. The van der Waals surface area contributed by atoms with Crippen molar-refractivity contribution in [3.8, 4) is 0 Å². The number of aromatic carboxylic acids is 1. The van der Waals surface area contributed by atoms with Gasteiger partial charge in [-0.05, 0) is 46.9 Å². The fourth-order valence-electron chi connectivity index (χ4n) is 1.72. The van der Waals surface area contributed by atoms with Crippen molar-refractivity contribution in [2.75, 3.05) is 5.32 Å². The number of nitrogens with two attached hydrogens (primary N) is 1. The average molecular weight is 457 g/mol. The van der Waals surface area contributed by atoms with E-state index in [-0.39, 0.29) is 22.8 Å². The summed E-state index contributed by atoms with van der Waals surface area (Å²) in [6, 6.07) is 5.62. The second-order valence-corrected chi connectivity index (χ2v) is 7.24. The molecule has 1 aromatic carbocycles. The van der Waals surface area contributed by atoms with Crippen molar-refractivity contribution in [3.63, 3.8) is 0 Å². The first kappa shape index (κ1) is 17.1. The molecule has 1 heterocycles. The fourth-order valence-corrected chi connectivity index (χ4v) is 3.29. The molecule has 0 unspecified atom stereocenters. The molecule has 0 saturated carbocycles. The number of carbonyl (C=O) groups is 1. The number of carboxylic acids is 1. The summed E-state index contributed by atoms with van der Waals surface area (Å²) in [7, 11) is -4.11. The lowest BCUT2D eigenvalue weighted by Gasteiger charge is -2.11. The lowest BCUT2D eigenvalue weighted by atomic mass is 10.1. The van der Waals surface area contributed by atoms with Crippen LogP contribution in [0.15, 0.2) is 33.6 Å². The molecular weight excluding hydrogens is 447 g/mol. The zero-order chi connectivity index (χ0) is 16.5. The molecule has 0 amide bonds. The summed E-state index contributed by atoms with van der Waals surface area (Å²) >= 11 is 7.86. The Morgan fingerprint density at radius 1 is 1.41 bits per heavy atom. The molecule has 118 valence electrons. The molecule has 0 saturated heterocycles. The molecule has 0 aliphatic heterocycles. The van der Waals surface area contributed by atoms with Gasteiger partial charge in [0.05, 0.1) is 22.8 Å². The minimum atomic E-state index is -4.11. The third kappa shape index (κ3) is 3.91. The molecule has 0 bridgehead atoms. The number of hydrogen-bond donors (Lipinski definition) is 3. The maximum atomic E-state index is 11.4. The van der Waals surface area contributed by atoms with E-state index in [1.807, 2.05) is 22.6 Å². The van der Waals surface area contributed by atoms with E-state index in [1.165, 1.54) is 6.07 Å². The number of carboxylic acid groups (broad SMARTS) is 1. The van der Waals surface area contributed by atoms with E-state index in [0.29, 0.717) is 9.53 Å². The van der Waals surface area contributed by atoms with E-state index in [0.717, 1.165) is 6.07 Å². The van der Waals surface area contributed by atoms with E-state index in [1.54, 1.807) is 12.1 Å². The van der Waals surface area contributed by atoms with Crippen molar-refractivity contribution >= 4 is 55.9 Å². The Morgan fingerprint density at radius 3 is 2.59 bits per heavy atom. The Bertz CT molecular complexity index is 834. The first-order valence-electron chi connectivity index (χ1n) is 5.76. The maximum Gasteiger partial charge on any atom is 0.337 e. The van der Waals surface area contributed by atoms with Gasteiger partial charge in [-0.15, -0.1) is 0 Å². The number of anilines is 1. The van der Waals surface area contributed by atoms with Crippen LogP contribution in [0, 0.1) is 3.77 Å². The average Bonchev–Trinajstić information content (AvgIpc) is 2.80. The minimum Gasteiger partial charge on any atom is -0.478 e. The number of hydrogen-bond acceptors (Lipinski definition) is 5. The number of halogens is 2. The summed E-state index contributed by atoms with van der Waals surface area (Å²) in [5, 5.41) is 16.9. The predicted octanol–water partition coefficient (Wildman–Crippen LogP) is 2.50. The van der Waals surface area contributed by atoms with Gasteiger partial charge in [0.15, 0.2) is 3.77 Å². The third-order valence-electron chi connectivity index (χ3n) is 2.69. The van der Waals surface area contributed by atoms with Gasteiger partial charge >= 0.3 is 5.97 Å². The molecule has 1 aromatic heterocycles. The Labute approximate surface area is 144 Å². The molecule has 4 N–H and O–H groups in total. The Balaban J connectivity index is 2.38. The number of benzene rings is 1. The van der Waals surface area contributed by atoms with Gasteiger partial charge in [0.1, 0.15) is 10.7 Å². The van der Waals surface area contributed by atoms with E-state index >= 15 is 0 Å². The summed E-state index contributed by atoms with van der Waals surface area (Å²) in [6.07, 6.45) is 0. The van der Waals surface area contributed by atoms with Crippen LogP contribution >= 0.6 is 34.2 Å². The maximum absolute atomic E-state index is 11.4. The zero-order valence-corrected chi connectivity index (χ0v) is 14.6. The second kappa shape index (κ2) is 6.44. The number of rotatable bonds is 5. The third-order valence-corrected chi connectivity index (χ3v) is 4.65. The van der Waals surface area contributed by atoms with E-state index < -0.39 is 20.9 Å². The van der Waals surface area contributed by atoms with Crippen LogP contribution in [0.1, 0.15) is 16.1 Å². The van der Waals surface area contributed by atoms with Crippen molar-refractivity contribution in [1.82, 2.24) is 0 Å². The Hall–Kier alpha value is -1.30. The van der Waals surface area contributed by atoms with Crippen LogP contribution in [-0.2, 0) is 16.6 Å². The molecule has 22 heavy (non-hydrogen) atoms. The summed E-state index contributed by atoms with van der Waals surface area (Å²) < 4.78 is 28.8. The van der Waals surface area contributed by atoms with Crippen LogP contribution in [0.4, 0.5) is 5.69 Å². The smallest absolute Gasteiger partial charge is 0.337 e. The highest BCUT2D eigenvalue weighted by Crippen LogP contribution is 2.28. The molecule has 0 radical (unpaired) electrons. The predicted molar refractivity (Wildman–Crippen MR) is 88.5 cm³/mol. The van der Waals surface area contributed by atoms with Crippen LogP contribution < -0.4 is 10.5 Å². The van der Waals surface area contributed by atoms with Crippen molar-refractivity contribution < 1.29 is 22.7 Å². The van der Waals surface area contributed by atoms with Gasteiger partial charge < -0.3 is 14.8 Å². The zero-order valence-electron chi connectivity index (χ0n) is 10.8. The molecule has 0 aliphatic rings. The molecule has 7 nitrogen and oxygen atoms in total. The Kier molecular flexibility index (Phi) is 5.00. The monoisotopic (exact) mass is 456 g/mol. The minimum absolute atomic E-state index is 0.163. The van der Waals surface area contributed by atoms with Gasteiger partial charge in [0.2, 0.25) is 10.0 Å². The van der Waals surface area contributed by atoms with E-state index in [2.05, 4.69) is 5.32 Å². The number of primary sulfonamides is 1.